The first-order valence-corrected chi connectivity index (χ1v) is 8.18. The molecule has 2 heterocycles. The van der Waals surface area contributed by atoms with E-state index in [9.17, 15) is 4.79 Å². The molecule has 130 valence electrons. The Kier molecular flexibility index (Phi) is 4.66. The number of H-pyrrole nitrogens is 1. The van der Waals surface area contributed by atoms with Gasteiger partial charge < -0.3 is 19.2 Å². The summed E-state index contributed by atoms with van der Waals surface area (Å²) in [6.45, 7) is 3.88. The van der Waals surface area contributed by atoms with Crippen molar-refractivity contribution in [2.75, 3.05) is 27.9 Å². The third-order valence-electron chi connectivity index (χ3n) is 4.79. The number of hydrogen-bond acceptors (Lipinski definition) is 5. The number of ether oxygens (including phenoxy) is 3. The van der Waals surface area contributed by atoms with E-state index in [0.717, 1.165) is 17.5 Å². The summed E-state index contributed by atoms with van der Waals surface area (Å²) in [5.74, 6) is 1.62. The van der Waals surface area contributed by atoms with Gasteiger partial charge in [-0.25, -0.2) is 0 Å². The summed E-state index contributed by atoms with van der Waals surface area (Å²) in [6, 6.07) is 4.17. The Hall–Kier alpha value is -2.21. The van der Waals surface area contributed by atoms with Crippen molar-refractivity contribution in [3.63, 3.8) is 0 Å². The maximum absolute atomic E-state index is 12.5. The summed E-state index contributed by atoms with van der Waals surface area (Å²) >= 11 is 0. The molecule has 24 heavy (non-hydrogen) atoms. The average molecular weight is 332 g/mol. The van der Waals surface area contributed by atoms with Crippen molar-refractivity contribution in [1.29, 1.82) is 0 Å². The summed E-state index contributed by atoms with van der Waals surface area (Å²) < 4.78 is 16.3. The van der Waals surface area contributed by atoms with Gasteiger partial charge in [0.25, 0.3) is 5.56 Å². The molecule has 0 saturated carbocycles. The van der Waals surface area contributed by atoms with Crippen LogP contribution in [0.3, 0.4) is 0 Å². The number of rotatable bonds is 5. The Bertz CT molecular complexity index is 800. The molecule has 1 atom stereocenters. The topological polar surface area (TPSA) is 63.8 Å². The Balaban J connectivity index is 2.13. The Labute approximate surface area is 141 Å². The largest absolute Gasteiger partial charge is 0.493 e. The van der Waals surface area contributed by atoms with E-state index in [2.05, 4.69) is 16.8 Å². The van der Waals surface area contributed by atoms with Gasteiger partial charge in [0.05, 0.1) is 26.8 Å². The Morgan fingerprint density at radius 3 is 2.50 bits per heavy atom. The van der Waals surface area contributed by atoms with Crippen molar-refractivity contribution >= 4 is 10.9 Å². The highest BCUT2D eigenvalue weighted by Gasteiger charge is 2.22. The van der Waals surface area contributed by atoms with Gasteiger partial charge in [-0.3, -0.25) is 9.69 Å². The number of pyridine rings is 1. The van der Waals surface area contributed by atoms with Crippen LogP contribution in [0.1, 0.15) is 25.3 Å². The van der Waals surface area contributed by atoms with Crippen LogP contribution in [0.2, 0.25) is 0 Å². The lowest BCUT2D eigenvalue weighted by molar-refractivity contribution is 0.259. The summed E-state index contributed by atoms with van der Waals surface area (Å²) in [7, 11) is 4.72. The predicted octanol–water partition coefficient (Wildman–Crippen LogP) is 2.54. The zero-order chi connectivity index (χ0) is 17.3. The third-order valence-corrected chi connectivity index (χ3v) is 4.79. The fourth-order valence-electron chi connectivity index (χ4n) is 3.43. The normalized spacial score (nSPS) is 18.1. The number of aromatic amines is 1. The second kappa shape index (κ2) is 6.73. The van der Waals surface area contributed by atoms with E-state index >= 15 is 0 Å². The summed E-state index contributed by atoms with van der Waals surface area (Å²) in [5.41, 5.74) is 1.34. The maximum Gasteiger partial charge on any atom is 0.252 e. The van der Waals surface area contributed by atoms with Gasteiger partial charge in [0.15, 0.2) is 11.5 Å². The predicted molar refractivity (Wildman–Crippen MR) is 93.3 cm³/mol. The molecule has 1 saturated heterocycles. The van der Waals surface area contributed by atoms with Crippen molar-refractivity contribution in [2.45, 2.75) is 32.4 Å². The van der Waals surface area contributed by atoms with Gasteiger partial charge >= 0.3 is 0 Å². The van der Waals surface area contributed by atoms with E-state index in [-0.39, 0.29) is 5.56 Å². The number of fused-ring (bicyclic) bond motifs is 1. The molecule has 0 spiro atoms. The third kappa shape index (κ3) is 2.82. The van der Waals surface area contributed by atoms with Crippen LogP contribution in [0.4, 0.5) is 0 Å². The highest BCUT2D eigenvalue weighted by atomic mass is 16.5. The highest BCUT2D eigenvalue weighted by Crippen LogP contribution is 2.42. The smallest absolute Gasteiger partial charge is 0.252 e. The number of aromatic nitrogens is 1. The molecule has 0 bridgehead atoms. The van der Waals surface area contributed by atoms with E-state index in [1.165, 1.54) is 12.8 Å². The lowest BCUT2D eigenvalue weighted by atomic mass is 10.1. The Morgan fingerprint density at radius 2 is 1.92 bits per heavy atom. The first-order chi connectivity index (χ1) is 11.6. The van der Waals surface area contributed by atoms with Crippen LogP contribution < -0.4 is 19.8 Å². The summed E-state index contributed by atoms with van der Waals surface area (Å²) in [4.78, 5) is 17.8. The highest BCUT2D eigenvalue weighted by molar-refractivity contribution is 5.90. The number of nitrogens with one attached hydrogen (secondary N) is 1. The molecule has 1 N–H and O–H groups in total. The van der Waals surface area contributed by atoms with Gasteiger partial charge in [-0.1, -0.05) is 0 Å². The number of hydrogen-bond donors (Lipinski definition) is 1. The molecule has 3 rings (SSSR count). The van der Waals surface area contributed by atoms with E-state index in [4.69, 9.17) is 14.2 Å². The lowest BCUT2D eigenvalue weighted by Crippen LogP contribution is -2.29. The number of methoxy groups -OCH3 is 3. The fraction of sp³-hybridized carbons (Fsp3) is 0.500. The van der Waals surface area contributed by atoms with E-state index in [1.807, 2.05) is 6.07 Å². The molecule has 1 aromatic carbocycles. The molecule has 6 heteroatoms. The standard InChI is InChI=1S/C18H24N2O4/c1-11-6-5-7-20(11)10-12-8-13-14(19-18(12)21)9-15(22-2)17(24-4)16(13)23-3/h8-9,11H,5-7,10H2,1-4H3,(H,19,21)/t11-/m0/s1. The molecule has 0 aliphatic carbocycles. The molecular formula is C18H24N2O4. The summed E-state index contributed by atoms with van der Waals surface area (Å²) in [6.07, 6.45) is 2.36. The van der Waals surface area contributed by atoms with Gasteiger partial charge in [-0.2, -0.15) is 0 Å². The first kappa shape index (κ1) is 16.6. The van der Waals surface area contributed by atoms with Crippen LogP contribution in [-0.2, 0) is 6.54 Å². The minimum absolute atomic E-state index is 0.0733. The molecule has 1 fully saturated rings. The van der Waals surface area contributed by atoms with Gasteiger partial charge in [-0.15, -0.1) is 0 Å². The molecule has 1 aromatic heterocycles. The first-order valence-electron chi connectivity index (χ1n) is 8.18. The average Bonchev–Trinajstić information content (AvgIpc) is 2.98. The maximum atomic E-state index is 12.5. The van der Waals surface area contributed by atoms with Crippen LogP contribution in [0.5, 0.6) is 17.2 Å². The minimum Gasteiger partial charge on any atom is -0.493 e. The molecular weight excluding hydrogens is 308 g/mol. The van der Waals surface area contributed by atoms with Gasteiger partial charge in [0.2, 0.25) is 5.75 Å². The monoisotopic (exact) mass is 332 g/mol. The van der Waals surface area contributed by atoms with Gasteiger partial charge in [0, 0.05) is 29.6 Å². The van der Waals surface area contributed by atoms with Crippen molar-refractivity contribution in [3.8, 4) is 17.2 Å². The molecule has 0 amide bonds. The lowest BCUT2D eigenvalue weighted by Gasteiger charge is -2.21. The number of benzene rings is 1. The molecule has 6 nitrogen and oxygen atoms in total. The van der Waals surface area contributed by atoms with Crippen molar-refractivity contribution in [3.05, 3.63) is 28.0 Å². The van der Waals surface area contributed by atoms with Crippen LogP contribution in [0, 0.1) is 0 Å². The zero-order valence-corrected chi connectivity index (χ0v) is 14.6. The molecule has 2 aromatic rings. The Morgan fingerprint density at radius 1 is 1.17 bits per heavy atom. The molecule has 0 radical (unpaired) electrons. The van der Waals surface area contributed by atoms with Crippen LogP contribution in [-0.4, -0.2) is 43.8 Å². The zero-order valence-electron chi connectivity index (χ0n) is 14.6. The van der Waals surface area contributed by atoms with Gasteiger partial charge in [0.1, 0.15) is 0 Å². The number of likely N-dealkylation sites (tertiary alicyclic amines) is 1. The van der Waals surface area contributed by atoms with Crippen LogP contribution in [0.15, 0.2) is 16.9 Å². The minimum atomic E-state index is -0.0733. The quantitative estimate of drug-likeness (QED) is 0.911. The van der Waals surface area contributed by atoms with Crippen molar-refractivity contribution in [2.24, 2.45) is 0 Å². The van der Waals surface area contributed by atoms with Gasteiger partial charge in [-0.05, 0) is 32.4 Å². The summed E-state index contributed by atoms with van der Waals surface area (Å²) in [5, 5.41) is 0.816. The second-order valence-electron chi connectivity index (χ2n) is 6.19. The van der Waals surface area contributed by atoms with E-state index in [1.54, 1.807) is 27.4 Å². The molecule has 1 aliphatic heterocycles. The van der Waals surface area contributed by atoms with E-state index in [0.29, 0.717) is 35.4 Å². The molecule has 0 unspecified atom stereocenters. The van der Waals surface area contributed by atoms with Crippen molar-refractivity contribution < 1.29 is 14.2 Å². The van der Waals surface area contributed by atoms with Crippen LogP contribution >= 0.6 is 0 Å². The van der Waals surface area contributed by atoms with Crippen LogP contribution in [0.25, 0.3) is 10.9 Å². The van der Waals surface area contributed by atoms with Crippen molar-refractivity contribution in [1.82, 2.24) is 9.88 Å². The second-order valence-corrected chi connectivity index (χ2v) is 6.19. The SMILES string of the molecule is COc1cc2[nH]c(=O)c(CN3CCC[C@@H]3C)cc2c(OC)c1OC. The van der Waals surface area contributed by atoms with E-state index < -0.39 is 0 Å². The molecule has 1 aliphatic rings. The fourth-order valence-corrected chi connectivity index (χ4v) is 3.43. The number of nitrogens with zero attached hydrogens (tertiary/aromatic N) is 1.